The van der Waals surface area contributed by atoms with Crippen LogP contribution in [0.25, 0.3) is 5.76 Å². The number of aliphatic hydroxyl groups excluding tert-OH is 1. The minimum absolute atomic E-state index is 0.206. The Kier molecular flexibility index (Phi) is 5.83. The third-order valence-electron chi connectivity index (χ3n) is 5.13. The lowest BCUT2D eigenvalue weighted by Gasteiger charge is -2.25. The van der Waals surface area contributed by atoms with Crippen molar-refractivity contribution in [2.45, 2.75) is 13.0 Å². The smallest absolute Gasteiger partial charge is 0.300 e. The Morgan fingerprint density at radius 2 is 1.78 bits per heavy atom. The second-order valence-electron chi connectivity index (χ2n) is 7.12. The van der Waals surface area contributed by atoms with Crippen LogP contribution in [0.1, 0.15) is 22.7 Å². The van der Waals surface area contributed by atoms with Crippen LogP contribution in [-0.4, -0.2) is 21.8 Å². The van der Waals surface area contributed by atoms with Gasteiger partial charge < -0.3 is 5.11 Å². The maximum absolute atomic E-state index is 14.7. The van der Waals surface area contributed by atoms with Gasteiger partial charge in [-0.05, 0) is 61.0 Å². The summed E-state index contributed by atoms with van der Waals surface area (Å²) in [6.07, 6.45) is 0. The molecular weight excluding hydrogens is 506 g/mol. The highest BCUT2D eigenvalue weighted by molar-refractivity contribution is 9.10. The van der Waals surface area contributed by atoms with Gasteiger partial charge in [-0.15, -0.1) is 0 Å². The summed E-state index contributed by atoms with van der Waals surface area (Å²) < 4.78 is 28.9. The molecule has 0 radical (unpaired) electrons. The van der Waals surface area contributed by atoms with Gasteiger partial charge in [0, 0.05) is 26.3 Å². The lowest BCUT2D eigenvalue weighted by atomic mass is 9.96. The molecule has 1 saturated heterocycles. The average molecular weight is 520 g/mol. The second kappa shape index (κ2) is 8.44. The summed E-state index contributed by atoms with van der Waals surface area (Å²) in [6.45, 7) is 1.84. The van der Waals surface area contributed by atoms with E-state index in [9.17, 15) is 23.5 Å². The summed E-state index contributed by atoms with van der Waals surface area (Å²) in [4.78, 5) is 30.3. The van der Waals surface area contributed by atoms with Gasteiger partial charge in [-0.3, -0.25) is 14.5 Å². The van der Waals surface area contributed by atoms with Gasteiger partial charge in [0.2, 0.25) is 11.9 Å². The van der Waals surface area contributed by atoms with Crippen LogP contribution in [0.3, 0.4) is 0 Å². The van der Waals surface area contributed by atoms with E-state index in [1.54, 1.807) is 18.2 Å². The zero-order valence-corrected chi connectivity index (χ0v) is 18.8. The number of pyridine rings is 1. The number of anilines is 1. The van der Waals surface area contributed by atoms with Crippen molar-refractivity contribution < 1.29 is 23.5 Å². The molecule has 1 aliphatic rings. The van der Waals surface area contributed by atoms with Gasteiger partial charge in [0.15, 0.2) is 0 Å². The number of aliphatic hydroxyl groups is 1. The Bertz CT molecular complexity index is 1290. The summed E-state index contributed by atoms with van der Waals surface area (Å²) in [6, 6.07) is 11.5. The molecule has 1 amide bonds. The molecule has 1 aromatic heterocycles. The first kappa shape index (κ1) is 22.1. The molecule has 0 spiro atoms. The first-order valence-electron chi connectivity index (χ1n) is 9.34. The highest BCUT2D eigenvalue weighted by atomic mass is 79.9. The molecule has 3 aromatic rings. The number of hydrogen-bond acceptors (Lipinski definition) is 4. The number of Topliss-reactive ketones (excluding diaryl/α,β-unsaturated/α-hetero) is 1. The van der Waals surface area contributed by atoms with E-state index in [0.717, 1.165) is 22.6 Å². The summed E-state index contributed by atoms with van der Waals surface area (Å²) >= 11 is 9.28. The van der Waals surface area contributed by atoms with Crippen LogP contribution in [-0.2, 0) is 9.59 Å². The molecule has 162 valence electrons. The van der Waals surface area contributed by atoms with E-state index in [2.05, 4.69) is 20.9 Å². The van der Waals surface area contributed by atoms with E-state index in [1.165, 1.54) is 24.3 Å². The fourth-order valence-corrected chi connectivity index (χ4v) is 4.01. The molecule has 0 bridgehead atoms. The van der Waals surface area contributed by atoms with Crippen molar-refractivity contribution in [3.05, 3.63) is 98.3 Å². The maximum Gasteiger partial charge on any atom is 0.300 e. The molecule has 32 heavy (non-hydrogen) atoms. The van der Waals surface area contributed by atoms with Gasteiger partial charge in [0.05, 0.1) is 11.6 Å². The Labute approximate surface area is 195 Å². The number of hydrogen-bond donors (Lipinski definition) is 1. The molecule has 9 heteroatoms. The fourth-order valence-electron chi connectivity index (χ4n) is 3.51. The Morgan fingerprint density at radius 1 is 1.09 bits per heavy atom. The molecule has 5 nitrogen and oxygen atoms in total. The van der Waals surface area contributed by atoms with E-state index in [0.29, 0.717) is 9.50 Å². The predicted octanol–water partition coefficient (Wildman–Crippen LogP) is 5.71. The van der Waals surface area contributed by atoms with Crippen molar-refractivity contribution in [1.82, 2.24) is 4.98 Å². The van der Waals surface area contributed by atoms with Gasteiger partial charge in [-0.2, -0.15) is 13.8 Å². The summed E-state index contributed by atoms with van der Waals surface area (Å²) in [5.41, 5.74) is 0.781. The number of amides is 1. The zero-order chi connectivity index (χ0) is 23.2. The summed E-state index contributed by atoms with van der Waals surface area (Å²) in [5, 5.41) is 11.4. The SMILES string of the molecule is Cc1ccc(N2C(=O)C(=O)/C(=C(/O)c3ccc(Cl)cc3)C2c2ccc(F)nc2F)cc1Br. The number of nitrogens with zero attached hydrogens (tertiary/aromatic N) is 2. The molecule has 0 aliphatic carbocycles. The first-order valence-corrected chi connectivity index (χ1v) is 10.5. The molecule has 2 heterocycles. The quantitative estimate of drug-likeness (QED) is 0.208. The van der Waals surface area contributed by atoms with Crippen LogP contribution in [0.5, 0.6) is 0 Å². The Hall–Kier alpha value is -3.10. The standard InChI is InChI=1S/C23H14BrClF2N2O3/c1-11-2-7-14(10-16(11)24)29-19(15-8-9-17(26)28-22(15)27)18(21(31)23(29)32)20(30)12-3-5-13(25)6-4-12/h2-10,19,30H,1H3/b20-18+. The van der Waals surface area contributed by atoms with Crippen molar-refractivity contribution >= 4 is 50.7 Å². The molecular formula is C23H14BrClF2N2O3. The number of carbonyl (C=O) groups is 2. The number of rotatable bonds is 3. The molecule has 1 aliphatic heterocycles. The van der Waals surface area contributed by atoms with Crippen molar-refractivity contribution in [2.75, 3.05) is 4.90 Å². The van der Waals surface area contributed by atoms with Gasteiger partial charge in [0.1, 0.15) is 5.76 Å². The average Bonchev–Trinajstić information content (AvgIpc) is 3.01. The van der Waals surface area contributed by atoms with E-state index in [1.807, 2.05) is 6.92 Å². The van der Waals surface area contributed by atoms with Gasteiger partial charge in [0.25, 0.3) is 11.7 Å². The van der Waals surface area contributed by atoms with Crippen LogP contribution < -0.4 is 4.90 Å². The minimum atomic E-state index is -1.37. The Balaban J connectivity index is 1.98. The lowest BCUT2D eigenvalue weighted by molar-refractivity contribution is -0.132. The third-order valence-corrected chi connectivity index (χ3v) is 6.24. The van der Waals surface area contributed by atoms with E-state index in [4.69, 9.17) is 11.6 Å². The minimum Gasteiger partial charge on any atom is -0.507 e. The largest absolute Gasteiger partial charge is 0.507 e. The van der Waals surface area contributed by atoms with Crippen LogP contribution in [0.15, 0.2) is 64.6 Å². The highest BCUT2D eigenvalue weighted by Gasteiger charge is 2.48. The van der Waals surface area contributed by atoms with Crippen molar-refractivity contribution in [2.24, 2.45) is 0 Å². The van der Waals surface area contributed by atoms with Crippen LogP contribution >= 0.6 is 27.5 Å². The van der Waals surface area contributed by atoms with Gasteiger partial charge in [-0.25, -0.2) is 0 Å². The number of carbonyl (C=O) groups excluding carboxylic acids is 2. The maximum atomic E-state index is 14.7. The highest BCUT2D eigenvalue weighted by Crippen LogP contribution is 2.43. The van der Waals surface area contributed by atoms with E-state index >= 15 is 0 Å². The number of aryl methyl sites for hydroxylation is 1. The van der Waals surface area contributed by atoms with Crippen LogP contribution in [0.4, 0.5) is 14.5 Å². The topological polar surface area (TPSA) is 70.5 Å². The molecule has 1 unspecified atom stereocenters. The molecule has 2 aromatic carbocycles. The number of halogens is 4. The van der Waals surface area contributed by atoms with Crippen LogP contribution in [0, 0.1) is 18.8 Å². The monoisotopic (exact) mass is 518 g/mol. The first-order chi connectivity index (χ1) is 15.2. The van der Waals surface area contributed by atoms with Crippen molar-refractivity contribution in [3.8, 4) is 0 Å². The van der Waals surface area contributed by atoms with Crippen LogP contribution in [0.2, 0.25) is 5.02 Å². The normalized spacial score (nSPS) is 17.8. The summed E-state index contributed by atoms with van der Waals surface area (Å²) in [7, 11) is 0. The fraction of sp³-hybridized carbons (Fsp3) is 0.0870. The molecule has 1 N–H and O–H groups in total. The lowest BCUT2D eigenvalue weighted by Crippen LogP contribution is -2.30. The molecule has 1 fully saturated rings. The third kappa shape index (κ3) is 3.80. The number of benzene rings is 2. The molecule has 1 atom stereocenters. The number of aromatic nitrogens is 1. The van der Waals surface area contributed by atoms with E-state index < -0.39 is 35.4 Å². The second-order valence-corrected chi connectivity index (χ2v) is 8.41. The van der Waals surface area contributed by atoms with Crippen molar-refractivity contribution in [3.63, 3.8) is 0 Å². The number of ketones is 1. The van der Waals surface area contributed by atoms with Gasteiger partial charge in [-0.1, -0.05) is 33.6 Å². The molecule has 4 rings (SSSR count). The van der Waals surface area contributed by atoms with E-state index in [-0.39, 0.29) is 22.4 Å². The predicted molar refractivity (Wildman–Crippen MR) is 119 cm³/mol. The Morgan fingerprint density at radius 3 is 2.41 bits per heavy atom. The van der Waals surface area contributed by atoms with Gasteiger partial charge >= 0.3 is 0 Å². The summed E-state index contributed by atoms with van der Waals surface area (Å²) in [5.74, 6) is -4.75. The molecule has 0 saturated carbocycles. The van der Waals surface area contributed by atoms with Crippen molar-refractivity contribution in [1.29, 1.82) is 0 Å². The zero-order valence-electron chi connectivity index (χ0n) is 16.4.